The summed E-state index contributed by atoms with van der Waals surface area (Å²) in [5, 5.41) is 3.38. The van der Waals surface area contributed by atoms with Crippen molar-refractivity contribution in [1.82, 2.24) is 0 Å². The van der Waals surface area contributed by atoms with Gasteiger partial charge in [0.25, 0.3) is 0 Å². The Morgan fingerprint density at radius 3 is 2.33 bits per heavy atom. The molecule has 2 nitrogen and oxygen atoms in total. The fraction of sp³-hybridized carbons (Fsp3) is 0.250. The molecule has 0 bridgehead atoms. The van der Waals surface area contributed by atoms with E-state index in [0.29, 0.717) is 6.04 Å². The summed E-state index contributed by atoms with van der Waals surface area (Å²) >= 11 is 0. The highest BCUT2D eigenvalue weighted by atomic mass is 16.5. The standard InChI is InChI=1S/C16H19NO/c1-12(2)17-14-9-10-15(16(11-14)18-3)13-7-5-4-6-8-13/h4-12,17H,1-3H3. The van der Waals surface area contributed by atoms with Crippen LogP contribution in [-0.4, -0.2) is 13.2 Å². The quantitative estimate of drug-likeness (QED) is 0.867. The number of nitrogens with one attached hydrogen (secondary N) is 1. The summed E-state index contributed by atoms with van der Waals surface area (Å²) in [6.45, 7) is 4.25. The van der Waals surface area contributed by atoms with Crippen LogP contribution in [0, 0.1) is 0 Å². The van der Waals surface area contributed by atoms with Gasteiger partial charge in [-0.25, -0.2) is 0 Å². The van der Waals surface area contributed by atoms with E-state index < -0.39 is 0 Å². The van der Waals surface area contributed by atoms with Crippen LogP contribution in [0.3, 0.4) is 0 Å². The number of anilines is 1. The topological polar surface area (TPSA) is 21.3 Å². The summed E-state index contributed by atoms with van der Waals surface area (Å²) in [6, 6.07) is 16.9. The van der Waals surface area contributed by atoms with Crippen LogP contribution in [0.1, 0.15) is 13.8 Å². The van der Waals surface area contributed by atoms with Crippen LogP contribution in [0.25, 0.3) is 11.1 Å². The van der Waals surface area contributed by atoms with Crippen LogP contribution in [0.15, 0.2) is 48.5 Å². The third-order valence-corrected chi connectivity index (χ3v) is 2.74. The molecule has 2 aromatic carbocycles. The van der Waals surface area contributed by atoms with Crippen LogP contribution in [0.4, 0.5) is 5.69 Å². The number of rotatable bonds is 4. The molecule has 0 fully saturated rings. The summed E-state index contributed by atoms with van der Waals surface area (Å²) in [7, 11) is 1.71. The minimum Gasteiger partial charge on any atom is -0.496 e. The van der Waals surface area contributed by atoms with Crippen molar-refractivity contribution in [3.05, 3.63) is 48.5 Å². The van der Waals surface area contributed by atoms with Crippen molar-refractivity contribution in [2.24, 2.45) is 0 Å². The second-order valence-electron chi connectivity index (χ2n) is 4.58. The molecule has 0 aromatic heterocycles. The zero-order valence-electron chi connectivity index (χ0n) is 11.1. The number of hydrogen-bond acceptors (Lipinski definition) is 2. The lowest BCUT2D eigenvalue weighted by molar-refractivity contribution is 0.416. The van der Waals surface area contributed by atoms with Gasteiger partial charge in [0, 0.05) is 23.4 Å². The second-order valence-corrected chi connectivity index (χ2v) is 4.58. The molecular formula is C16H19NO. The van der Waals surface area contributed by atoms with Crippen LogP contribution in [0.2, 0.25) is 0 Å². The first-order valence-electron chi connectivity index (χ1n) is 6.20. The van der Waals surface area contributed by atoms with Crippen molar-refractivity contribution in [3.8, 4) is 16.9 Å². The zero-order chi connectivity index (χ0) is 13.0. The van der Waals surface area contributed by atoms with Gasteiger partial charge in [-0.15, -0.1) is 0 Å². The molecule has 0 atom stereocenters. The average molecular weight is 241 g/mol. The first-order chi connectivity index (χ1) is 8.70. The van der Waals surface area contributed by atoms with E-state index in [1.165, 1.54) is 5.56 Å². The highest BCUT2D eigenvalue weighted by molar-refractivity contribution is 5.73. The van der Waals surface area contributed by atoms with Gasteiger partial charge in [0.15, 0.2) is 0 Å². The SMILES string of the molecule is COc1cc(NC(C)C)ccc1-c1ccccc1. The lowest BCUT2D eigenvalue weighted by atomic mass is 10.0. The molecule has 0 saturated heterocycles. The van der Waals surface area contributed by atoms with Gasteiger partial charge < -0.3 is 10.1 Å². The Hall–Kier alpha value is -1.96. The van der Waals surface area contributed by atoms with E-state index >= 15 is 0 Å². The largest absolute Gasteiger partial charge is 0.496 e. The van der Waals surface area contributed by atoms with Gasteiger partial charge in [-0.05, 0) is 31.5 Å². The van der Waals surface area contributed by atoms with E-state index in [4.69, 9.17) is 4.74 Å². The van der Waals surface area contributed by atoms with Gasteiger partial charge in [-0.1, -0.05) is 30.3 Å². The van der Waals surface area contributed by atoms with Crippen LogP contribution < -0.4 is 10.1 Å². The van der Waals surface area contributed by atoms with Crippen molar-refractivity contribution in [2.75, 3.05) is 12.4 Å². The Morgan fingerprint density at radius 1 is 1.00 bits per heavy atom. The molecule has 0 unspecified atom stereocenters. The van der Waals surface area contributed by atoms with E-state index in [2.05, 4.69) is 43.4 Å². The normalized spacial score (nSPS) is 10.4. The molecule has 94 valence electrons. The third kappa shape index (κ3) is 2.83. The molecule has 0 aliphatic heterocycles. The Morgan fingerprint density at radius 2 is 1.72 bits per heavy atom. The molecule has 0 saturated carbocycles. The van der Waals surface area contributed by atoms with Crippen molar-refractivity contribution < 1.29 is 4.74 Å². The average Bonchev–Trinajstić information content (AvgIpc) is 2.39. The molecular weight excluding hydrogens is 222 g/mol. The van der Waals surface area contributed by atoms with Crippen LogP contribution in [0.5, 0.6) is 5.75 Å². The Kier molecular flexibility index (Phi) is 3.88. The summed E-state index contributed by atoms with van der Waals surface area (Å²) in [4.78, 5) is 0. The maximum Gasteiger partial charge on any atom is 0.128 e. The molecule has 0 spiro atoms. The van der Waals surface area contributed by atoms with E-state index in [-0.39, 0.29) is 0 Å². The summed E-state index contributed by atoms with van der Waals surface area (Å²) in [5.41, 5.74) is 3.37. The molecule has 2 heteroatoms. The molecule has 1 N–H and O–H groups in total. The van der Waals surface area contributed by atoms with Crippen molar-refractivity contribution in [1.29, 1.82) is 0 Å². The molecule has 0 aliphatic rings. The van der Waals surface area contributed by atoms with E-state index in [1.54, 1.807) is 7.11 Å². The molecule has 0 radical (unpaired) electrons. The lowest BCUT2D eigenvalue weighted by Crippen LogP contribution is -2.09. The fourth-order valence-electron chi connectivity index (χ4n) is 1.97. The molecule has 0 heterocycles. The zero-order valence-corrected chi connectivity index (χ0v) is 11.1. The van der Waals surface area contributed by atoms with Crippen LogP contribution in [-0.2, 0) is 0 Å². The predicted octanol–water partition coefficient (Wildman–Crippen LogP) is 4.18. The Balaban J connectivity index is 2.38. The van der Waals surface area contributed by atoms with Crippen molar-refractivity contribution in [2.45, 2.75) is 19.9 Å². The number of benzene rings is 2. The van der Waals surface area contributed by atoms with Crippen molar-refractivity contribution in [3.63, 3.8) is 0 Å². The van der Waals surface area contributed by atoms with E-state index in [1.807, 2.05) is 24.3 Å². The highest BCUT2D eigenvalue weighted by Gasteiger charge is 2.06. The predicted molar refractivity (Wildman–Crippen MR) is 77.2 cm³/mol. The van der Waals surface area contributed by atoms with E-state index in [9.17, 15) is 0 Å². The first-order valence-corrected chi connectivity index (χ1v) is 6.20. The van der Waals surface area contributed by atoms with Crippen molar-refractivity contribution >= 4 is 5.69 Å². The maximum atomic E-state index is 5.48. The number of ether oxygens (including phenoxy) is 1. The van der Waals surface area contributed by atoms with Gasteiger partial charge in [-0.3, -0.25) is 0 Å². The number of hydrogen-bond donors (Lipinski definition) is 1. The maximum absolute atomic E-state index is 5.48. The van der Waals surface area contributed by atoms with Gasteiger partial charge in [0.2, 0.25) is 0 Å². The Labute approximate surface area is 109 Å². The monoisotopic (exact) mass is 241 g/mol. The summed E-state index contributed by atoms with van der Waals surface area (Å²) < 4.78 is 5.48. The first kappa shape index (κ1) is 12.5. The minimum absolute atomic E-state index is 0.414. The van der Waals surface area contributed by atoms with Gasteiger partial charge in [0.05, 0.1) is 7.11 Å². The minimum atomic E-state index is 0.414. The molecule has 18 heavy (non-hydrogen) atoms. The smallest absolute Gasteiger partial charge is 0.128 e. The second kappa shape index (κ2) is 5.58. The third-order valence-electron chi connectivity index (χ3n) is 2.74. The number of methoxy groups -OCH3 is 1. The van der Waals surface area contributed by atoms with Gasteiger partial charge in [0.1, 0.15) is 5.75 Å². The van der Waals surface area contributed by atoms with Crippen LogP contribution >= 0.6 is 0 Å². The molecule has 0 amide bonds. The molecule has 2 rings (SSSR count). The fourth-order valence-corrected chi connectivity index (χ4v) is 1.97. The molecule has 0 aliphatic carbocycles. The highest BCUT2D eigenvalue weighted by Crippen LogP contribution is 2.32. The lowest BCUT2D eigenvalue weighted by Gasteiger charge is -2.14. The van der Waals surface area contributed by atoms with Gasteiger partial charge in [-0.2, -0.15) is 0 Å². The summed E-state index contributed by atoms with van der Waals surface area (Å²) in [6.07, 6.45) is 0. The van der Waals surface area contributed by atoms with Gasteiger partial charge >= 0.3 is 0 Å². The Bertz CT molecular complexity index is 506. The molecule has 2 aromatic rings. The van der Waals surface area contributed by atoms with E-state index in [0.717, 1.165) is 17.0 Å². The summed E-state index contributed by atoms with van der Waals surface area (Å²) in [5.74, 6) is 0.895.